The number of rotatable bonds is 9. The van der Waals surface area contributed by atoms with Crippen molar-refractivity contribution in [2.75, 3.05) is 14.2 Å². The zero-order valence-electron chi connectivity index (χ0n) is 17.9. The molecule has 2 atom stereocenters. The molecule has 156 valence electrons. The van der Waals surface area contributed by atoms with Gasteiger partial charge in [0.05, 0.1) is 20.3 Å². The van der Waals surface area contributed by atoms with Crippen molar-refractivity contribution >= 4 is 23.6 Å². The maximum atomic E-state index is 12.9. The van der Waals surface area contributed by atoms with Crippen molar-refractivity contribution in [2.45, 2.75) is 73.3 Å². The minimum absolute atomic E-state index is 0.0333. The zero-order valence-corrected chi connectivity index (χ0v) is 17.9. The highest BCUT2D eigenvalue weighted by Crippen LogP contribution is 2.31. The van der Waals surface area contributed by atoms with Gasteiger partial charge in [-0.05, 0) is 18.3 Å². The molecule has 1 amide bonds. The molecule has 0 aliphatic carbocycles. The Morgan fingerprint density at radius 3 is 1.63 bits per heavy atom. The Kier molecular flexibility index (Phi) is 9.68. The molecule has 7 nitrogen and oxygen atoms in total. The van der Waals surface area contributed by atoms with E-state index in [2.05, 4.69) is 14.8 Å². The molecular formula is C20H35NO6. The molecule has 0 saturated carbocycles. The topological polar surface area (TPSA) is 98.8 Å². The minimum atomic E-state index is -0.792. The summed E-state index contributed by atoms with van der Waals surface area (Å²) in [6.07, 6.45) is 0.634. The molecule has 0 aromatic rings. The number of nitrogens with one attached hydrogen (secondary N) is 1. The molecule has 0 fully saturated rings. The summed E-state index contributed by atoms with van der Waals surface area (Å²) in [6.45, 7) is 11.0. The monoisotopic (exact) mass is 385 g/mol. The van der Waals surface area contributed by atoms with Gasteiger partial charge in [-0.3, -0.25) is 19.2 Å². The fourth-order valence-electron chi connectivity index (χ4n) is 2.75. The molecule has 0 aliphatic heterocycles. The van der Waals surface area contributed by atoms with E-state index in [0.717, 1.165) is 0 Å². The van der Waals surface area contributed by atoms with Gasteiger partial charge in [-0.1, -0.05) is 41.5 Å². The summed E-state index contributed by atoms with van der Waals surface area (Å²) in [6, 6.07) is -0.792. The summed E-state index contributed by atoms with van der Waals surface area (Å²) in [5.41, 5.74) is -1.08. The predicted molar refractivity (Wildman–Crippen MR) is 102 cm³/mol. The van der Waals surface area contributed by atoms with Gasteiger partial charge in [0, 0.05) is 24.2 Å². The van der Waals surface area contributed by atoms with E-state index in [1.54, 1.807) is 20.8 Å². The molecule has 0 rings (SSSR count). The van der Waals surface area contributed by atoms with Crippen LogP contribution in [0.4, 0.5) is 0 Å². The number of hydrogen-bond donors (Lipinski definition) is 1. The average Bonchev–Trinajstić information content (AvgIpc) is 2.55. The van der Waals surface area contributed by atoms with Crippen molar-refractivity contribution in [1.29, 1.82) is 0 Å². The van der Waals surface area contributed by atoms with Crippen molar-refractivity contribution < 1.29 is 28.7 Å². The predicted octanol–water partition coefficient (Wildman–Crippen LogP) is 2.66. The van der Waals surface area contributed by atoms with Gasteiger partial charge >= 0.3 is 11.9 Å². The summed E-state index contributed by atoms with van der Waals surface area (Å²) in [5, 5.41) is 2.80. The highest BCUT2D eigenvalue weighted by atomic mass is 16.5. The SMILES string of the molecule is COC(=O)CCC(NC(=O)C(CCC(=O)OC)C(C)(C)C)C(=O)C(C)(C)C. The summed E-state index contributed by atoms with van der Waals surface area (Å²) in [4.78, 5) is 48.6. The number of esters is 2. The fourth-order valence-corrected chi connectivity index (χ4v) is 2.75. The molecule has 0 heterocycles. The lowest BCUT2D eigenvalue weighted by atomic mass is 9.77. The summed E-state index contributed by atoms with van der Waals surface area (Å²) < 4.78 is 9.29. The van der Waals surface area contributed by atoms with Crippen molar-refractivity contribution in [1.82, 2.24) is 5.32 Å². The molecule has 0 spiro atoms. The molecule has 0 aromatic heterocycles. The molecule has 7 heteroatoms. The molecule has 0 aliphatic rings. The van der Waals surface area contributed by atoms with Crippen LogP contribution in [-0.2, 0) is 28.7 Å². The first-order valence-electron chi connectivity index (χ1n) is 9.22. The summed E-state index contributed by atoms with van der Waals surface area (Å²) in [5.74, 6) is -1.76. The van der Waals surface area contributed by atoms with Crippen molar-refractivity contribution in [3.05, 3.63) is 0 Å². The van der Waals surface area contributed by atoms with E-state index in [1.807, 2.05) is 20.8 Å². The number of hydrogen-bond acceptors (Lipinski definition) is 6. The summed E-state index contributed by atoms with van der Waals surface area (Å²) in [7, 11) is 2.59. The molecule has 2 unspecified atom stereocenters. The second-order valence-electron chi connectivity index (χ2n) is 8.82. The normalized spacial score (nSPS) is 14.1. The molecular weight excluding hydrogens is 350 g/mol. The van der Waals surface area contributed by atoms with Crippen molar-refractivity contribution in [2.24, 2.45) is 16.7 Å². The second kappa shape index (κ2) is 10.4. The van der Waals surface area contributed by atoms with Crippen LogP contribution in [0.5, 0.6) is 0 Å². The van der Waals surface area contributed by atoms with Gasteiger partial charge in [-0.15, -0.1) is 0 Å². The zero-order chi connectivity index (χ0) is 21.4. The standard InChI is InChI=1S/C20H35NO6/c1-19(2,3)13(9-11-15(22)26-7)18(25)21-14(10-12-16(23)27-8)17(24)20(4,5)6/h13-14H,9-12H2,1-8H3,(H,21,25). The number of Topliss-reactive ketones (excluding diaryl/α,β-unsaturated/α-hetero) is 1. The van der Waals surface area contributed by atoms with E-state index < -0.39 is 28.8 Å². The third kappa shape index (κ3) is 9.02. The average molecular weight is 386 g/mol. The maximum absolute atomic E-state index is 12.9. The lowest BCUT2D eigenvalue weighted by Crippen LogP contribution is -2.49. The van der Waals surface area contributed by atoms with Gasteiger partial charge < -0.3 is 14.8 Å². The second-order valence-corrected chi connectivity index (χ2v) is 8.82. The van der Waals surface area contributed by atoms with Crippen LogP contribution in [0.1, 0.15) is 67.2 Å². The number of carbonyl (C=O) groups excluding carboxylic acids is 4. The Morgan fingerprint density at radius 2 is 1.26 bits per heavy atom. The summed E-state index contributed by atoms with van der Waals surface area (Å²) >= 11 is 0. The smallest absolute Gasteiger partial charge is 0.305 e. The van der Waals surface area contributed by atoms with Crippen LogP contribution < -0.4 is 5.32 Å². The first-order chi connectivity index (χ1) is 12.2. The number of carbonyl (C=O) groups is 4. The van der Waals surface area contributed by atoms with E-state index in [9.17, 15) is 19.2 Å². The van der Waals surface area contributed by atoms with Crippen LogP contribution >= 0.6 is 0 Å². The minimum Gasteiger partial charge on any atom is -0.469 e. The Balaban J connectivity index is 5.36. The molecule has 1 N–H and O–H groups in total. The molecule has 27 heavy (non-hydrogen) atoms. The van der Waals surface area contributed by atoms with Crippen LogP contribution in [0.15, 0.2) is 0 Å². The molecule has 0 aromatic carbocycles. The van der Waals surface area contributed by atoms with E-state index in [-0.39, 0.29) is 36.9 Å². The van der Waals surface area contributed by atoms with E-state index in [4.69, 9.17) is 0 Å². The van der Waals surface area contributed by atoms with Crippen LogP contribution in [0.25, 0.3) is 0 Å². The van der Waals surface area contributed by atoms with Crippen molar-refractivity contribution in [3.63, 3.8) is 0 Å². The van der Waals surface area contributed by atoms with E-state index >= 15 is 0 Å². The molecule has 0 bridgehead atoms. The Hall–Kier alpha value is -1.92. The number of amides is 1. The quantitative estimate of drug-likeness (QED) is 0.613. The van der Waals surface area contributed by atoms with Crippen LogP contribution in [0, 0.1) is 16.7 Å². The van der Waals surface area contributed by atoms with Gasteiger partial charge in [0.1, 0.15) is 0 Å². The van der Waals surface area contributed by atoms with Crippen LogP contribution in [0.2, 0.25) is 0 Å². The van der Waals surface area contributed by atoms with Crippen molar-refractivity contribution in [3.8, 4) is 0 Å². The maximum Gasteiger partial charge on any atom is 0.305 e. The highest BCUT2D eigenvalue weighted by Gasteiger charge is 2.36. The van der Waals surface area contributed by atoms with Gasteiger partial charge in [-0.2, -0.15) is 0 Å². The largest absolute Gasteiger partial charge is 0.469 e. The molecule has 0 saturated heterocycles. The Labute approximate surface area is 162 Å². The lowest BCUT2D eigenvalue weighted by Gasteiger charge is -2.32. The van der Waals surface area contributed by atoms with Gasteiger partial charge in [0.2, 0.25) is 5.91 Å². The van der Waals surface area contributed by atoms with Crippen LogP contribution in [-0.4, -0.2) is 43.9 Å². The van der Waals surface area contributed by atoms with Gasteiger partial charge in [-0.25, -0.2) is 0 Å². The first kappa shape index (κ1) is 25.1. The fraction of sp³-hybridized carbons (Fsp3) is 0.800. The number of ketones is 1. The van der Waals surface area contributed by atoms with Crippen LogP contribution in [0.3, 0.4) is 0 Å². The van der Waals surface area contributed by atoms with E-state index in [0.29, 0.717) is 6.42 Å². The Bertz CT molecular complexity index is 542. The lowest BCUT2D eigenvalue weighted by molar-refractivity contribution is -0.143. The third-order valence-electron chi connectivity index (χ3n) is 4.46. The Morgan fingerprint density at radius 1 is 0.815 bits per heavy atom. The van der Waals surface area contributed by atoms with Gasteiger partial charge in [0.25, 0.3) is 0 Å². The first-order valence-corrected chi connectivity index (χ1v) is 9.22. The molecule has 0 radical (unpaired) electrons. The number of ether oxygens (including phenoxy) is 2. The third-order valence-corrected chi connectivity index (χ3v) is 4.46. The number of methoxy groups -OCH3 is 2. The van der Waals surface area contributed by atoms with Gasteiger partial charge in [0.15, 0.2) is 5.78 Å². The highest BCUT2D eigenvalue weighted by molar-refractivity contribution is 5.93. The van der Waals surface area contributed by atoms with E-state index in [1.165, 1.54) is 14.2 Å².